The van der Waals surface area contributed by atoms with Crippen molar-refractivity contribution >= 4 is 35.2 Å². The molecule has 0 saturated carbocycles. The van der Waals surface area contributed by atoms with Gasteiger partial charge in [-0.1, -0.05) is 72.8 Å². The van der Waals surface area contributed by atoms with Gasteiger partial charge in [-0.25, -0.2) is 4.79 Å². The van der Waals surface area contributed by atoms with Crippen LogP contribution in [0.1, 0.15) is 11.1 Å². The summed E-state index contributed by atoms with van der Waals surface area (Å²) in [6.45, 7) is 0. The first-order chi connectivity index (χ1) is 15.0. The molecule has 2 aromatic carbocycles. The van der Waals surface area contributed by atoms with Gasteiger partial charge in [-0.05, 0) is 29.5 Å². The SMILES string of the molecule is NC1C(=O)N2C(C(=O)O)=C(C=CCCl)C(Cc3ccccc3)(Cc3ccccc3)SC12. The summed E-state index contributed by atoms with van der Waals surface area (Å²) in [5.41, 5.74) is 8.89. The van der Waals surface area contributed by atoms with E-state index >= 15 is 0 Å². The number of halogens is 1. The van der Waals surface area contributed by atoms with Crippen molar-refractivity contribution in [3.05, 3.63) is 95.2 Å². The zero-order valence-electron chi connectivity index (χ0n) is 16.8. The maximum absolute atomic E-state index is 12.5. The molecule has 0 spiro atoms. The van der Waals surface area contributed by atoms with E-state index in [9.17, 15) is 14.7 Å². The Kier molecular flexibility index (Phi) is 6.23. The Morgan fingerprint density at radius 3 is 2.13 bits per heavy atom. The number of β-lactam (4-membered cyclic amide) rings is 1. The van der Waals surface area contributed by atoms with Crippen LogP contribution in [0.25, 0.3) is 0 Å². The van der Waals surface area contributed by atoms with E-state index in [0.717, 1.165) is 11.1 Å². The molecule has 2 atom stereocenters. The quantitative estimate of drug-likeness (QED) is 0.493. The topological polar surface area (TPSA) is 83.6 Å². The summed E-state index contributed by atoms with van der Waals surface area (Å²) in [6.07, 6.45) is 4.69. The molecule has 3 N–H and O–H groups in total. The molecule has 31 heavy (non-hydrogen) atoms. The lowest BCUT2D eigenvalue weighted by Gasteiger charge is -2.54. The van der Waals surface area contributed by atoms with E-state index in [1.165, 1.54) is 4.90 Å². The highest BCUT2D eigenvalue weighted by Crippen LogP contribution is 2.53. The minimum atomic E-state index is -1.13. The summed E-state index contributed by atoms with van der Waals surface area (Å²) in [4.78, 5) is 26.2. The van der Waals surface area contributed by atoms with Crippen LogP contribution < -0.4 is 5.73 Å². The number of carbonyl (C=O) groups is 2. The number of carboxylic acids is 1. The van der Waals surface area contributed by atoms with Crippen LogP contribution in [0.3, 0.4) is 0 Å². The van der Waals surface area contributed by atoms with Crippen molar-refractivity contribution in [2.24, 2.45) is 5.73 Å². The summed E-state index contributed by atoms with van der Waals surface area (Å²) < 4.78 is -0.627. The summed E-state index contributed by atoms with van der Waals surface area (Å²) in [5, 5.41) is 9.71. The van der Waals surface area contributed by atoms with E-state index < -0.39 is 22.1 Å². The number of nitrogens with two attached hydrogens (primary N) is 1. The number of aliphatic carboxylic acids is 1. The van der Waals surface area contributed by atoms with Crippen molar-refractivity contribution in [2.75, 3.05) is 5.88 Å². The van der Waals surface area contributed by atoms with Crippen LogP contribution in [0.2, 0.25) is 0 Å². The van der Waals surface area contributed by atoms with Gasteiger partial charge in [-0.3, -0.25) is 9.69 Å². The first-order valence-corrected chi connectivity index (χ1v) is 11.4. The number of nitrogens with zero attached hydrogens (tertiary/aromatic N) is 1. The summed E-state index contributed by atoms with van der Waals surface area (Å²) >= 11 is 7.50. The lowest BCUT2D eigenvalue weighted by Crippen LogP contribution is -2.70. The molecule has 0 aliphatic carbocycles. The number of benzene rings is 2. The predicted molar refractivity (Wildman–Crippen MR) is 124 cm³/mol. The van der Waals surface area contributed by atoms with Crippen molar-refractivity contribution < 1.29 is 14.7 Å². The molecule has 2 aromatic rings. The van der Waals surface area contributed by atoms with Crippen molar-refractivity contribution in [2.45, 2.75) is 29.0 Å². The maximum Gasteiger partial charge on any atom is 0.352 e. The Morgan fingerprint density at radius 2 is 1.65 bits per heavy atom. The van der Waals surface area contributed by atoms with E-state index in [-0.39, 0.29) is 17.5 Å². The van der Waals surface area contributed by atoms with Gasteiger partial charge in [0.05, 0.1) is 4.75 Å². The van der Waals surface area contributed by atoms with Crippen LogP contribution in [0, 0.1) is 0 Å². The lowest BCUT2D eigenvalue weighted by molar-refractivity contribution is -0.148. The van der Waals surface area contributed by atoms with Crippen molar-refractivity contribution in [3.8, 4) is 0 Å². The smallest absolute Gasteiger partial charge is 0.352 e. The first kappa shape index (κ1) is 21.7. The number of rotatable bonds is 7. The van der Waals surface area contributed by atoms with E-state index in [1.807, 2.05) is 60.7 Å². The maximum atomic E-state index is 12.5. The van der Waals surface area contributed by atoms with Gasteiger partial charge in [0.2, 0.25) is 5.91 Å². The highest BCUT2D eigenvalue weighted by atomic mass is 35.5. The Labute approximate surface area is 190 Å². The van der Waals surface area contributed by atoms with Gasteiger partial charge in [0.15, 0.2) is 0 Å². The Hall–Kier alpha value is -2.54. The van der Waals surface area contributed by atoms with E-state index in [0.29, 0.717) is 18.4 Å². The Morgan fingerprint density at radius 1 is 1.10 bits per heavy atom. The zero-order valence-corrected chi connectivity index (χ0v) is 18.4. The first-order valence-electron chi connectivity index (χ1n) is 10.0. The molecule has 2 aliphatic rings. The molecule has 5 nitrogen and oxygen atoms in total. The van der Waals surface area contributed by atoms with Crippen LogP contribution in [-0.2, 0) is 22.4 Å². The molecule has 2 aliphatic heterocycles. The van der Waals surface area contributed by atoms with Crippen LogP contribution >= 0.6 is 23.4 Å². The zero-order chi connectivity index (χ0) is 22.0. The van der Waals surface area contributed by atoms with Gasteiger partial charge in [-0.15, -0.1) is 23.4 Å². The van der Waals surface area contributed by atoms with Crippen LogP contribution in [0.5, 0.6) is 0 Å². The Balaban J connectivity index is 1.92. The van der Waals surface area contributed by atoms with Gasteiger partial charge in [0.1, 0.15) is 17.1 Å². The average Bonchev–Trinajstić information content (AvgIpc) is 2.78. The number of hydrogen-bond donors (Lipinski definition) is 2. The van der Waals surface area contributed by atoms with Gasteiger partial charge in [0, 0.05) is 5.88 Å². The number of allylic oxidation sites excluding steroid dienone is 2. The molecular formula is C24H23ClN2O3S. The number of thioether (sulfide) groups is 1. The normalized spacial score (nSPS) is 22.4. The third kappa shape index (κ3) is 4.03. The molecule has 0 bridgehead atoms. The molecular weight excluding hydrogens is 432 g/mol. The molecule has 2 heterocycles. The number of carbonyl (C=O) groups excluding carboxylic acids is 1. The van der Waals surface area contributed by atoms with E-state index in [2.05, 4.69) is 0 Å². The molecule has 1 amide bonds. The summed E-state index contributed by atoms with van der Waals surface area (Å²) in [7, 11) is 0. The van der Waals surface area contributed by atoms with Gasteiger partial charge in [0.25, 0.3) is 0 Å². The third-order valence-electron chi connectivity index (χ3n) is 5.66. The Bertz CT molecular complexity index is 998. The predicted octanol–water partition coefficient (Wildman–Crippen LogP) is 3.59. The molecule has 0 radical (unpaired) electrons. The van der Waals surface area contributed by atoms with Gasteiger partial charge >= 0.3 is 5.97 Å². The molecule has 0 aromatic heterocycles. The number of fused-ring (bicyclic) bond motifs is 1. The average molecular weight is 455 g/mol. The number of hydrogen-bond acceptors (Lipinski definition) is 4. The molecule has 4 rings (SSSR count). The van der Waals surface area contributed by atoms with Crippen molar-refractivity contribution in [1.29, 1.82) is 0 Å². The second-order valence-corrected chi connectivity index (χ2v) is 9.49. The highest BCUT2D eigenvalue weighted by molar-refractivity contribution is 8.01. The number of carboxylic acid groups (broad SMARTS) is 1. The monoisotopic (exact) mass is 454 g/mol. The minimum Gasteiger partial charge on any atom is -0.477 e. The number of alkyl halides is 1. The number of amides is 1. The fourth-order valence-corrected chi connectivity index (χ4v) is 6.21. The second-order valence-electron chi connectivity index (χ2n) is 7.69. The van der Waals surface area contributed by atoms with Crippen molar-refractivity contribution in [3.63, 3.8) is 0 Å². The fraction of sp³-hybridized carbons (Fsp3) is 0.250. The van der Waals surface area contributed by atoms with Crippen LogP contribution in [-0.4, -0.2) is 43.9 Å². The summed E-state index contributed by atoms with van der Waals surface area (Å²) in [6, 6.07) is 19.2. The van der Waals surface area contributed by atoms with Crippen LogP contribution in [0.15, 0.2) is 84.1 Å². The molecule has 2 unspecified atom stereocenters. The molecule has 7 heteroatoms. The summed E-state index contributed by atoms with van der Waals surface area (Å²) in [5.74, 6) is -1.25. The second kappa shape index (κ2) is 8.91. The highest BCUT2D eigenvalue weighted by Gasteiger charge is 2.58. The minimum absolute atomic E-state index is 0.00341. The van der Waals surface area contributed by atoms with E-state index in [4.69, 9.17) is 17.3 Å². The van der Waals surface area contributed by atoms with Crippen LogP contribution in [0.4, 0.5) is 0 Å². The molecule has 160 valence electrons. The molecule has 1 saturated heterocycles. The largest absolute Gasteiger partial charge is 0.477 e. The lowest BCUT2D eigenvalue weighted by atomic mass is 9.82. The molecule has 1 fully saturated rings. The van der Waals surface area contributed by atoms with Gasteiger partial charge in [-0.2, -0.15) is 0 Å². The van der Waals surface area contributed by atoms with Crippen molar-refractivity contribution in [1.82, 2.24) is 4.90 Å². The third-order valence-corrected chi connectivity index (χ3v) is 7.54. The van der Waals surface area contributed by atoms with Gasteiger partial charge < -0.3 is 10.8 Å². The standard InChI is InChI=1S/C24H23ClN2O3S/c25-13-7-12-18-20(23(29)30)27-21(28)19(26)22(27)31-24(18,14-16-8-3-1-4-9-16)15-17-10-5-2-6-11-17/h1-12,19,22H,13-15,26H2,(H,29,30). The van der Waals surface area contributed by atoms with E-state index in [1.54, 1.807) is 23.9 Å². The fourth-order valence-electron chi connectivity index (χ4n) is 4.29.